The average Bonchev–Trinajstić information content (AvgIpc) is 3.14. The lowest BCUT2D eigenvalue weighted by Gasteiger charge is -2.38. The summed E-state index contributed by atoms with van der Waals surface area (Å²) in [5.41, 5.74) is 0.874. The van der Waals surface area contributed by atoms with Gasteiger partial charge in [-0.15, -0.1) is 0 Å². The highest BCUT2D eigenvalue weighted by Gasteiger charge is 2.28. The van der Waals surface area contributed by atoms with Crippen LogP contribution in [0.4, 0.5) is 0 Å². The minimum atomic E-state index is 0.0533. The third-order valence-corrected chi connectivity index (χ3v) is 5.17. The molecule has 0 N–H and O–H groups in total. The van der Waals surface area contributed by atoms with E-state index in [0.717, 1.165) is 37.7 Å². The van der Waals surface area contributed by atoms with Gasteiger partial charge in [-0.2, -0.15) is 4.98 Å². The van der Waals surface area contributed by atoms with Crippen LogP contribution in [0.5, 0.6) is 5.75 Å². The molecule has 0 spiro atoms. The van der Waals surface area contributed by atoms with Gasteiger partial charge in [0.15, 0.2) is 6.61 Å². The van der Waals surface area contributed by atoms with Crippen LogP contribution in [-0.4, -0.2) is 39.6 Å². The van der Waals surface area contributed by atoms with E-state index in [9.17, 15) is 4.79 Å². The number of benzene rings is 1. The molecule has 1 aromatic carbocycles. The van der Waals surface area contributed by atoms with Crippen LogP contribution in [-0.2, 0) is 11.2 Å². The number of amides is 1. The van der Waals surface area contributed by atoms with Crippen LogP contribution in [0, 0.1) is 0 Å². The largest absolute Gasteiger partial charge is 0.484 e. The summed E-state index contributed by atoms with van der Waals surface area (Å²) in [5, 5.41) is 4.03. The van der Waals surface area contributed by atoms with Gasteiger partial charge >= 0.3 is 0 Å². The Morgan fingerprint density at radius 1 is 1.22 bits per heavy atom. The lowest BCUT2D eigenvalue weighted by molar-refractivity contribution is -0.139. The van der Waals surface area contributed by atoms with Crippen molar-refractivity contribution in [2.45, 2.75) is 71.4 Å². The van der Waals surface area contributed by atoms with Gasteiger partial charge in [0.1, 0.15) is 5.75 Å². The van der Waals surface area contributed by atoms with Crippen LogP contribution in [0.1, 0.15) is 58.8 Å². The number of rotatable bonds is 7. The summed E-state index contributed by atoms with van der Waals surface area (Å²) < 4.78 is 11.0. The molecule has 0 radical (unpaired) electrons. The lowest BCUT2D eigenvalue weighted by Crippen LogP contribution is -2.49. The van der Waals surface area contributed by atoms with E-state index in [1.807, 2.05) is 29.2 Å². The molecule has 2 unspecified atom stereocenters. The molecule has 3 rings (SSSR count). The van der Waals surface area contributed by atoms with E-state index in [2.05, 4.69) is 30.9 Å². The summed E-state index contributed by atoms with van der Waals surface area (Å²) in [6, 6.07) is 8.03. The van der Waals surface area contributed by atoms with Gasteiger partial charge in [0.2, 0.25) is 11.7 Å². The highest BCUT2D eigenvalue weighted by molar-refractivity contribution is 5.78. The van der Waals surface area contributed by atoms with Crippen molar-refractivity contribution in [1.82, 2.24) is 15.0 Å². The fourth-order valence-corrected chi connectivity index (χ4v) is 3.63. The van der Waals surface area contributed by atoms with Crippen molar-refractivity contribution in [1.29, 1.82) is 0 Å². The van der Waals surface area contributed by atoms with Crippen molar-refractivity contribution in [3.8, 4) is 17.1 Å². The molecule has 2 atom stereocenters. The fourth-order valence-electron chi connectivity index (χ4n) is 3.63. The highest BCUT2D eigenvalue weighted by atomic mass is 16.5. The number of piperidine rings is 1. The summed E-state index contributed by atoms with van der Waals surface area (Å²) in [7, 11) is 0. The Labute approximate surface area is 160 Å². The molecular weight excluding hydrogens is 342 g/mol. The number of hydrogen-bond acceptors (Lipinski definition) is 5. The smallest absolute Gasteiger partial charge is 0.260 e. The maximum Gasteiger partial charge on any atom is 0.260 e. The van der Waals surface area contributed by atoms with Gasteiger partial charge in [0, 0.05) is 24.1 Å². The SMILES string of the molecule is CCCCc1nc(-c2ccc(OCC(=O)N3C(C)CCCC3C)cc2)no1. The van der Waals surface area contributed by atoms with Crippen molar-refractivity contribution in [3.63, 3.8) is 0 Å². The Morgan fingerprint density at radius 3 is 2.59 bits per heavy atom. The molecule has 0 saturated carbocycles. The fraction of sp³-hybridized carbons (Fsp3) is 0.571. The molecule has 1 aliphatic heterocycles. The number of ether oxygens (including phenoxy) is 1. The first-order valence-electron chi connectivity index (χ1n) is 9.95. The quantitative estimate of drug-likeness (QED) is 0.728. The number of aromatic nitrogens is 2. The van der Waals surface area contributed by atoms with Gasteiger partial charge in [-0.1, -0.05) is 18.5 Å². The molecule has 0 bridgehead atoms. The second kappa shape index (κ2) is 9.02. The number of unbranched alkanes of at least 4 members (excludes halogenated alkanes) is 1. The molecule has 1 aromatic heterocycles. The van der Waals surface area contributed by atoms with Crippen molar-refractivity contribution < 1.29 is 14.1 Å². The van der Waals surface area contributed by atoms with E-state index < -0.39 is 0 Å². The summed E-state index contributed by atoms with van der Waals surface area (Å²) in [4.78, 5) is 18.9. The number of likely N-dealkylation sites (tertiary alicyclic amines) is 1. The molecule has 6 heteroatoms. The minimum absolute atomic E-state index is 0.0533. The second-order valence-corrected chi connectivity index (χ2v) is 7.36. The normalized spacial score (nSPS) is 19.9. The number of hydrogen-bond donors (Lipinski definition) is 0. The molecule has 27 heavy (non-hydrogen) atoms. The summed E-state index contributed by atoms with van der Waals surface area (Å²) in [6.45, 7) is 6.43. The highest BCUT2D eigenvalue weighted by Crippen LogP contribution is 2.24. The van der Waals surface area contributed by atoms with Gasteiger partial charge in [0.05, 0.1) is 0 Å². The lowest BCUT2D eigenvalue weighted by atomic mass is 9.97. The number of aryl methyl sites for hydroxylation is 1. The summed E-state index contributed by atoms with van der Waals surface area (Å²) in [5.74, 6) is 1.97. The molecule has 1 amide bonds. The van der Waals surface area contributed by atoms with Crippen LogP contribution < -0.4 is 4.74 Å². The number of carbonyl (C=O) groups is 1. The Hall–Kier alpha value is -2.37. The van der Waals surface area contributed by atoms with Crippen molar-refractivity contribution >= 4 is 5.91 Å². The van der Waals surface area contributed by atoms with E-state index in [1.54, 1.807) is 0 Å². The van der Waals surface area contributed by atoms with Gasteiger partial charge in [-0.3, -0.25) is 4.79 Å². The molecule has 0 aliphatic carbocycles. The second-order valence-electron chi connectivity index (χ2n) is 7.36. The zero-order valence-electron chi connectivity index (χ0n) is 16.5. The first-order valence-corrected chi connectivity index (χ1v) is 9.95. The molecule has 1 fully saturated rings. The summed E-state index contributed by atoms with van der Waals surface area (Å²) >= 11 is 0. The first kappa shape index (κ1) is 19.4. The van der Waals surface area contributed by atoms with E-state index >= 15 is 0 Å². The Bertz CT molecular complexity index is 731. The van der Waals surface area contributed by atoms with E-state index in [-0.39, 0.29) is 24.6 Å². The van der Waals surface area contributed by atoms with Crippen molar-refractivity contribution in [2.24, 2.45) is 0 Å². The maximum absolute atomic E-state index is 12.5. The number of nitrogens with zero attached hydrogens (tertiary/aromatic N) is 3. The van der Waals surface area contributed by atoms with E-state index in [4.69, 9.17) is 9.26 Å². The minimum Gasteiger partial charge on any atom is -0.484 e. The molecular formula is C21H29N3O3. The Kier molecular flexibility index (Phi) is 6.48. The van der Waals surface area contributed by atoms with Crippen molar-refractivity contribution in [2.75, 3.05) is 6.61 Å². The maximum atomic E-state index is 12.5. The number of carbonyl (C=O) groups excluding carboxylic acids is 1. The van der Waals surface area contributed by atoms with Gasteiger partial charge in [0.25, 0.3) is 5.91 Å². The predicted molar refractivity (Wildman–Crippen MR) is 103 cm³/mol. The predicted octanol–water partition coefficient (Wildman–Crippen LogP) is 4.25. The Morgan fingerprint density at radius 2 is 1.93 bits per heavy atom. The first-order chi connectivity index (χ1) is 13.1. The Balaban J connectivity index is 1.56. The van der Waals surface area contributed by atoms with Gasteiger partial charge in [-0.25, -0.2) is 0 Å². The monoisotopic (exact) mass is 371 g/mol. The zero-order chi connectivity index (χ0) is 19.2. The van der Waals surface area contributed by atoms with Crippen LogP contribution in [0.25, 0.3) is 11.4 Å². The topological polar surface area (TPSA) is 68.5 Å². The van der Waals surface area contributed by atoms with E-state index in [1.165, 1.54) is 6.42 Å². The van der Waals surface area contributed by atoms with E-state index in [0.29, 0.717) is 17.5 Å². The van der Waals surface area contributed by atoms with Crippen LogP contribution in [0.3, 0.4) is 0 Å². The molecule has 2 heterocycles. The van der Waals surface area contributed by atoms with Crippen molar-refractivity contribution in [3.05, 3.63) is 30.2 Å². The van der Waals surface area contributed by atoms with Crippen LogP contribution >= 0.6 is 0 Å². The van der Waals surface area contributed by atoms with Crippen LogP contribution in [0.15, 0.2) is 28.8 Å². The average molecular weight is 371 g/mol. The molecule has 1 saturated heterocycles. The summed E-state index contributed by atoms with van der Waals surface area (Å²) in [6.07, 6.45) is 6.25. The van der Waals surface area contributed by atoms with Gasteiger partial charge < -0.3 is 14.2 Å². The molecule has 6 nitrogen and oxygen atoms in total. The van der Waals surface area contributed by atoms with Gasteiger partial charge in [-0.05, 0) is 63.8 Å². The molecule has 146 valence electrons. The zero-order valence-corrected chi connectivity index (χ0v) is 16.5. The molecule has 2 aromatic rings. The third-order valence-electron chi connectivity index (χ3n) is 5.17. The standard InChI is InChI=1S/C21H29N3O3/c1-4-5-9-19-22-21(23-27-19)17-10-12-18(13-11-17)26-14-20(25)24-15(2)7-6-8-16(24)3/h10-13,15-16H,4-9,14H2,1-3H3. The molecule has 1 aliphatic rings. The third kappa shape index (κ3) is 4.87. The van der Waals surface area contributed by atoms with Crippen LogP contribution in [0.2, 0.25) is 0 Å².